The Morgan fingerprint density at radius 1 is 0.955 bits per heavy atom. The molecule has 0 aliphatic heterocycles. The molecule has 0 unspecified atom stereocenters. The minimum Gasteiger partial charge on any atom is -0.486 e. The first-order valence-corrected chi connectivity index (χ1v) is 6.78. The van der Waals surface area contributed by atoms with Gasteiger partial charge in [-0.2, -0.15) is 0 Å². The highest BCUT2D eigenvalue weighted by Gasteiger charge is 2.05. The maximum atomic E-state index is 11.4. The van der Waals surface area contributed by atoms with Crippen LogP contribution in [0.3, 0.4) is 0 Å². The van der Waals surface area contributed by atoms with Crippen molar-refractivity contribution in [3.8, 4) is 11.5 Å². The number of ether oxygens (including phenoxy) is 3. The smallest absolute Gasteiger partial charge is 0.331 e. The fraction of sp³-hybridized carbons (Fsp3) is 0.167. The Hall–Kier alpha value is -2.75. The standard InChI is InChI=1S/C18H20O4/c1-4-11-20-16-9-7-15(14-17(16)21-12-5-2)8-10-18(19)22-13-6-3/h4-10,14H,1-3,11-13H2. The minimum absolute atomic E-state index is 0.186. The van der Waals surface area contributed by atoms with Crippen LogP contribution in [0.25, 0.3) is 6.08 Å². The number of esters is 1. The third-order valence-corrected chi connectivity index (χ3v) is 2.44. The molecule has 116 valence electrons. The number of hydrogen-bond donors (Lipinski definition) is 0. The van der Waals surface area contributed by atoms with E-state index < -0.39 is 5.97 Å². The van der Waals surface area contributed by atoms with E-state index in [1.54, 1.807) is 30.4 Å². The molecule has 0 saturated carbocycles. The molecular formula is C18H20O4. The molecule has 0 saturated heterocycles. The third-order valence-electron chi connectivity index (χ3n) is 2.44. The van der Waals surface area contributed by atoms with E-state index in [9.17, 15) is 4.79 Å². The van der Waals surface area contributed by atoms with Crippen LogP contribution < -0.4 is 9.47 Å². The predicted molar refractivity (Wildman–Crippen MR) is 88.0 cm³/mol. The summed E-state index contributed by atoms with van der Waals surface area (Å²) in [6.45, 7) is 11.6. The van der Waals surface area contributed by atoms with Gasteiger partial charge in [0, 0.05) is 6.08 Å². The molecule has 1 aromatic carbocycles. The van der Waals surface area contributed by atoms with Gasteiger partial charge in [0.2, 0.25) is 0 Å². The number of rotatable bonds is 10. The Kier molecular flexibility index (Phi) is 7.90. The molecule has 0 radical (unpaired) electrons. The predicted octanol–water partition coefficient (Wildman–Crippen LogP) is 3.56. The molecule has 1 rings (SSSR count). The van der Waals surface area contributed by atoms with Crippen LogP contribution in [0.1, 0.15) is 5.56 Å². The maximum absolute atomic E-state index is 11.4. The second-order valence-electron chi connectivity index (χ2n) is 4.16. The van der Waals surface area contributed by atoms with Gasteiger partial charge in [-0.1, -0.05) is 44.0 Å². The Balaban J connectivity index is 2.84. The summed E-state index contributed by atoms with van der Waals surface area (Å²) in [5.41, 5.74) is 0.792. The van der Waals surface area contributed by atoms with E-state index >= 15 is 0 Å². The zero-order valence-electron chi connectivity index (χ0n) is 12.5. The molecule has 0 fully saturated rings. The summed E-state index contributed by atoms with van der Waals surface area (Å²) in [4.78, 5) is 11.4. The van der Waals surface area contributed by atoms with Crippen molar-refractivity contribution in [2.45, 2.75) is 0 Å². The third kappa shape index (κ3) is 6.13. The van der Waals surface area contributed by atoms with E-state index in [2.05, 4.69) is 19.7 Å². The number of benzene rings is 1. The molecule has 4 heteroatoms. The lowest BCUT2D eigenvalue weighted by Crippen LogP contribution is -2.00. The van der Waals surface area contributed by atoms with Gasteiger partial charge in [0.15, 0.2) is 11.5 Å². The fourth-order valence-electron chi connectivity index (χ4n) is 1.51. The summed E-state index contributed by atoms with van der Waals surface area (Å²) < 4.78 is 15.9. The van der Waals surface area contributed by atoms with E-state index in [4.69, 9.17) is 14.2 Å². The van der Waals surface area contributed by atoms with Crippen LogP contribution >= 0.6 is 0 Å². The van der Waals surface area contributed by atoms with Crippen LogP contribution in [0.15, 0.2) is 62.2 Å². The molecule has 1 aromatic rings. The van der Waals surface area contributed by atoms with Crippen molar-refractivity contribution in [2.75, 3.05) is 19.8 Å². The molecule has 0 aromatic heterocycles. The number of hydrogen-bond acceptors (Lipinski definition) is 4. The maximum Gasteiger partial charge on any atom is 0.331 e. The minimum atomic E-state index is -0.430. The van der Waals surface area contributed by atoms with Gasteiger partial charge in [0.1, 0.15) is 19.8 Å². The molecule has 0 spiro atoms. The molecule has 0 aliphatic carbocycles. The zero-order valence-corrected chi connectivity index (χ0v) is 12.5. The van der Waals surface area contributed by atoms with E-state index in [1.807, 2.05) is 6.07 Å². The molecule has 0 N–H and O–H groups in total. The van der Waals surface area contributed by atoms with Crippen LogP contribution in [0.2, 0.25) is 0 Å². The monoisotopic (exact) mass is 300 g/mol. The molecule has 0 heterocycles. The van der Waals surface area contributed by atoms with Crippen LogP contribution in [0.5, 0.6) is 11.5 Å². The Bertz CT molecular complexity index is 558. The summed E-state index contributed by atoms with van der Waals surface area (Å²) in [7, 11) is 0. The quantitative estimate of drug-likeness (QED) is 0.376. The molecule has 4 nitrogen and oxygen atoms in total. The highest BCUT2D eigenvalue weighted by atomic mass is 16.5. The lowest BCUT2D eigenvalue weighted by Gasteiger charge is -2.11. The first-order chi connectivity index (χ1) is 10.7. The van der Waals surface area contributed by atoms with Crippen molar-refractivity contribution < 1.29 is 19.0 Å². The van der Waals surface area contributed by atoms with Crippen molar-refractivity contribution in [3.63, 3.8) is 0 Å². The van der Waals surface area contributed by atoms with Crippen molar-refractivity contribution >= 4 is 12.0 Å². The Morgan fingerprint density at radius 3 is 2.23 bits per heavy atom. The molecule has 0 aliphatic rings. The largest absolute Gasteiger partial charge is 0.486 e. The van der Waals surface area contributed by atoms with Crippen molar-refractivity contribution in [2.24, 2.45) is 0 Å². The van der Waals surface area contributed by atoms with Crippen LogP contribution in [0.4, 0.5) is 0 Å². The Morgan fingerprint density at radius 2 is 1.59 bits per heavy atom. The van der Waals surface area contributed by atoms with Crippen molar-refractivity contribution in [1.82, 2.24) is 0 Å². The Labute approximate surface area is 131 Å². The van der Waals surface area contributed by atoms with Crippen molar-refractivity contribution in [3.05, 3.63) is 67.8 Å². The van der Waals surface area contributed by atoms with Gasteiger partial charge in [0.05, 0.1) is 0 Å². The average molecular weight is 300 g/mol. The van der Waals surface area contributed by atoms with E-state index in [1.165, 1.54) is 12.2 Å². The highest BCUT2D eigenvalue weighted by molar-refractivity contribution is 5.87. The normalized spacial score (nSPS) is 10.0. The zero-order chi connectivity index (χ0) is 16.2. The van der Waals surface area contributed by atoms with E-state index in [0.29, 0.717) is 24.7 Å². The number of carbonyl (C=O) groups excluding carboxylic acids is 1. The van der Waals surface area contributed by atoms with Crippen LogP contribution in [-0.4, -0.2) is 25.8 Å². The second-order valence-corrected chi connectivity index (χ2v) is 4.16. The average Bonchev–Trinajstić information content (AvgIpc) is 2.54. The number of carbonyl (C=O) groups is 1. The van der Waals surface area contributed by atoms with Gasteiger partial charge in [-0.25, -0.2) is 4.79 Å². The van der Waals surface area contributed by atoms with Gasteiger partial charge in [0.25, 0.3) is 0 Å². The summed E-state index contributed by atoms with van der Waals surface area (Å²) in [6.07, 6.45) is 7.80. The van der Waals surface area contributed by atoms with E-state index in [-0.39, 0.29) is 6.61 Å². The highest BCUT2D eigenvalue weighted by Crippen LogP contribution is 2.29. The first kappa shape index (κ1) is 17.3. The SMILES string of the molecule is C=CCOC(=O)C=Cc1ccc(OCC=C)c(OCC=C)c1. The van der Waals surface area contributed by atoms with Gasteiger partial charge in [-0.05, 0) is 23.8 Å². The summed E-state index contributed by atoms with van der Waals surface area (Å²) in [6, 6.07) is 5.37. The molecular weight excluding hydrogens is 280 g/mol. The topological polar surface area (TPSA) is 44.8 Å². The molecule has 0 bridgehead atoms. The second kappa shape index (κ2) is 10.0. The summed E-state index contributed by atoms with van der Waals surface area (Å²) in [5.74, 6) is 0.747. The molecule has 0 atom stereocenters. The molecule has 22 heavy (non-hydrogen) atoms. The summed E-state index contributed by atoms with van der Waals surface area (Å²) in [5, 5.41) is 0. The van der Waals surface area contributed by atoms with Crippen LogP contribution in [-0.2, 0) is 9.53 Å². The first-order valence-electron chi connectivity index (χ1n) is 6.78. The summed E-state index contributed by atoms with van der Waals surface area (Å²) >= 11 is 0. The molecule has 0 amide bonds. The van der Waals surface area contributed by atoms with Gasteiger partial charge in [-0.3, -0.25) is 0 Å². The lowest BCUT2D eigenvalue weighted by molar-refractivity contribution is -0.136. The van der Waals surface area contributed by atoms with Crippen LogP contribution in [0, 0.1) is 0 Å². The fourth-order valence-corrected chi connectivity index (χ4v) is 1.51. The van der Waals surface area contributed by atoms with Gasteiger partial charge in [-0.15, -0.1) is 0 Å². The van der Waals surface area contributed by atoms with Crippen molar-refractivity contribution in [1.29, 1.82) is 0 Å². The van der Waals surface area contributed by atoms with Gasteiger partial charge >= 0.3 is 5.97 Å². The lowest BCUT2D eigenvalue weighted by atomic mass is 10.2. The van der Waals surface area contributed by atoms with E-state index in [0.717, 1.165) is 5.56 Å². The van der Waals surface area contributed by atoms with Gasteiger partial charge < -0.3 is 14.2 Å².